The second-order valence-corrected chi connectivity index (χ2v) is 4.50. The first-order valence-corrected chi connectivity index (χ1v) is 6.23. The van der Waals surface area contributed by atoms with Gasteiger partial charge in [-0.1, -0.05) is 23.2 Å². The van der Waals surface area contributed by atoms with Gasteiger partial charge in [-0.25, -0.2) is 0 Å². The smallest absolute Gasteiger partial charge is 0.151 e. The number of nitrogens with one attached hydrogen (secondary N) is 2. The van der Waals surface area contributed by atoms with E-state index in [1.54, 1.807) is 48.5 Å². The van der Waals surface area contributed by atoms with Crippen molar-refractivity contribution in [3.8, 4) is 0 Å². The van der Waals surface area contributed by atoms with E-state index in [1.165, 1.54) is 0 Å². The van der Waals surface area contributed by atoms with Gasteiger partial charge in [0.15, 0.2) is 0 Å². The van der Waals surface area contributed by atoms with E-state index >= 15 is 0 Å². The van der Waals surface area contributed by atoms with Gasteiger partial charge in [0.05, 0.1) is 11.4 Å². The Morgan fingerprint density at radius 3 is 1.45 bits per heavy atom. The van der Waals surface area contributed by atoms with E-state index in [0.29, 0.717) is 21.4 Å². The minimum Gasteiger partial charge on any atom is -0.151 e. The Kier molecular flexibility index (Phi) is 4.86. The topological polar surface area (TPSA) is 62.6 Å². The Balaban J connectivity index is 1.75. The molecule has 2 rings (SSSR count). The van der Waals surface area contributed by atoms with Crippen molar-refractivity contribution in [1.82, 2.24) is 0 Å². The average molecular weight is 315 g/mol. The zero-order valence-corrected chi connectivity index (χ0v) is 11.6. The maximum Gasteiger partial charge on any atom is 0.531 e. The molecule has 0 aliphatic heterocycles. The van der Waals surface area contributed by atoms with Gasteiger partial charge in [-0.3, -0.25) is 0 Å². The minimum absolute atomic E-state index is 0.122. The number of hydrogen-bond acceptors (Lipinski definition) is 5. The second-order valence-electron chi connectivity index (χ2n) is 3.62. The van der Waals surface area contributed by atoms with Crippen LogP contribution >= 0.6 is 23.2 Å². The fourth-order valence-electron chi connectivity index (χ4n) is 1.23. The van der Waals surface area contributed by atoms with E-state index in [0.717, 1.165) is 0 Å². The summed E-state index contributed by atoms with van der Waals surface area (Å²) in [5.41, 5.74) is 5.86. The Labute approximate surface area is 124 Å². The lowest BCUT2D eigenvalue weighted by Crippen LogP contribution is -2.18. The van der Waals surface area contributed by atoms with Gasteiger partial charge in [0.2, 0.25) is 0 Å². The first-order chi connectivity index (χ1) is 9.63. The van der Waals surface area contributed by atoms with Crippen LogP contribution in [0.3, 0.4) is 0 Å². The molecule has 0 heterocycles. The van der Waals surface area contributed by atoms with Crippen LogP contribution in [0.5, 0.6) is 0 Å². The fraction of sp³-hybridized carbons (Fsp3) is 0. The predicted molar refractivity (Wildman–Crippen MR) is 75.9 cm³/mol. The molecule has 0 atom stereocenters. The molecule has 8 heteroatoms. The van der Waals surface area contributed by atoms with E-state index in [1.807, 2.05) is 0 Å². The molecule has 2 aromatic carbocycles. The number of rotatable bonds is 6. The van der Waals surface area contributed by atoms with Crippen LogP contribution in [0, 0.1) is 4.91 Å². The van der Waals surface area contributed by atoms with E-state index in [-0.39, 0.29) is 5.09 Å². The largest absolute Gasteiger partial charge is 0.531 e. The second kappa shape index (κ2) is 6.83. The first kappa shape index (κ1) is 14.2. The van der Waals surface area contributed by atoms with Crippen molar-refractivity contribution >= 4 is 34.6 Å². The van der Waals surface area contributed by atoms with Crippen LogP contribution in [0.4, 0.5) is 11.4 Å². The van der Waals surface area contributed by atoms with Gasteiger partial charge in [-0.2, -0.15) is 11.0 Å². The highest BCUT2D eigenvalue weighted by molar-refractivity contribution is 6.30. The normalized spacial score (nSPS) is 9.70. The van der Waals surface area contributed by atoms with Crippen LogP contribution in [0.15, 0.2) is 48.5 Å². The number of hydrogen-bond donors (Lipinski definition) is 2. The summed E-state index contributed by atoms with van der Waals surface area (Å²) in [6.07, 6.45) is 0. The van der Waals surface area contributed by atoms with Crippen molar-refractivity contribution in [1.29, 1.82) is 0 Å². The quantitative estimate of drug-likeness (QED) is 0.789. The molecule has 0 aliphatic rings. The molecule has 0 amide bonds. The Morgan fingerprint density at radius 1 is 0.750 bits per heavy atom. The lowest BCUT2D eigenvalue weighted by atomic mass is 10.3. The molecule has 2 aromatic rings. The number of nitrogens with zero attached hydrogens (tertiary/aromatic N) is 1. The summed E-state index contributed by atoms with van der Waals surface area (Å²) < 4.78 is 0. The van der Waals surface area contributed by atoms with E-state index in [4.69, 9.17) is 23.2 Å². The van der Waals surface area contributed by atoms with Gasteiger partial charge in [0.25, 0.3) is 0 Å². The van der Waals surface area contributed by atoms with Gasteiger partial charge in [-0.15, -0.1) is 0 Å². The van der Waals surface area contributed by atoms with Crippen molar-refractivity contribution in [3.05, 3.63) is 63.5 Å². The van der Waals surface area contributed by atoms with Crippen LogP contribution in [-0.4, -0.2) is 5.09 Å². The molecular weight excluding hydrogens is 305 g/mol. The molecule has 0 saturated heterocycles. The highest BCUT2D eigenvalue weighted by Crippen LogP contribution is 2.14. The maximum absolute atomic E-state index is 11.2. The zero-order valence-electron chi connectivity index (χ0n) is 10.0. The molecule has 20 heavy (non-hydrogen) atoms. The molecule has 0 saturated carbocycles. The molecule has 0 fully saturated rings. The standard InChI is InChI=1S/C12H10Cl2N3O3/c13-9-1-5-11(6-2-9)15-19-17(18)20-16-12-7-3-10(14)4-8-12/h1-8,15-16H/q+1. The molecule has 104 valence electrons. The van der Waals surface area contributed by atoms with Crippen LogP contribution in [0.25, 0.3) is 0 Å². The van der Waals surface area contributed by atoms with Crippen molar-refractivity contribution < 1.29 is 15.0 Å². The number of benzene rings is 2. The van der Waals surface area contributed by atoms with Crippen molar-refractivity contribution in [2.24, 2.45) is 0 Å². The van der Waals surface area contributed by atoms with Crippen LogP contribution in [0.2, 0.25) is 10.0 Å². The third kappa shape index (κ3) is 4.49. The summed E-state index contributed by atoms with van der Waals surface area (Å²) in [5, 5.41) is 1.04. The van der Waals surface area contributed by atoms with E-state index in [2.05, 4.69) is 20.8 Å². The maximum atomic E-state index is 11.2. The van der Waals surface area contributed by atoms with Gasteiger partial charge >= 0.3 is 5.09 Å². The summed E-state index contributed by atoms with van der Waals surface area (Å²) in [4.78, 5) is 20.4. The molecule has 0 unspecified atom stereocenters. The van der Waals surface area contributed by atoms with Gasteiger partial charge in [0, 0.05) is 10.0 Å². The number of anilines is 2. The van der Waals surface area contributed by atoms with Crippen molar-refractivity contribution in [3.63, 3.8) is 0 Å². The fourth-order valence-corrected chi connectivity index (χ4v) is 1.49. The van der Waals surface area contributed by atoms with Crippen molar-refractivity contribution in [2.45, 2.75) is 0 Å². The SMILES string of the molecule is O=[N+](ONc1ccc(Cl)cc1)ONc1ccc(Cl)cc1. The lowest BCUT2D eigenvalue weighted by molar-refractivity contribution is -0.971. The molecular formula is C12H10Cl2N3O3+. The third-order valence-electron chi connectivity index (χ3n) is 2.16. The summed E-state index contributed by atoms with van der Waals surface area (Å²) in [7, 11) is 0. The molecule has 0 aliphatic carbocycles. The van der Waals surface area contributed by atoms with Crippen LogP contribution in [-0.2, 0) is 9.88 Å². The van der Waals surface area contributed by atoms with E-state index < -0.39 is 0 Å². The molecule has 0 radical (unpaired) electrons. The van der Waals surface area contributed by atoms with Gasteiger partial charge < -0.3 is 0 Å². The molecule has 6 nitrogen and oxygen atoms in total. The Bertz CT molecular complexity index is 524. The van der Waals surface area contributed by atoms with Crippen LogP contribution < -0.4 is 11.0 Å². The Morgan fingerprint density at radius 2 is 1.10 bits per heavy atom. The highest BCUT2D eigenvalue weighted by atomic mass is 35.5. The Hall–Kier alpha value is -2.18. The lowest BCUT2D eigenvalue weighted by Gasteiger charge is -2.00. The predicted octanol–water partition coefficient (Wildman–Crippen LogP) is 3.99. The van der Waals surface area contributed by atoms with Gasteiger partial charge in [0.1, 0.15) is 4.91 Å². The molecule has 0 bridgehead atoms. The summed E-state index contributed by atoms with van der Waals surface area (Å²) >= 11 is 11.4. The first-order valence-electron chi connectivity index (χ1n) is 5.48. The summed E-state index contributed by atoms with van der Waals surface area (Å²) in [5.74, 6) is 0. The van der Waals surface area contributed by atoms with Gasteiger partial charge in [-0.05, 0) is 58.4 Å². The molecule has 0 spiro atoms. The zero-order chi connectivity index (χ0) is 14.4. The summed E-state index contributed by atoms with van der Waals surface area (Å²) in [6, 6.07) is 13.2. The molecule has 2 N–H and O–H groups in total. The average Bonchev–Trinajstić information content (AvgIpc) is 2.46. The highest BCUT2D eigenvalue weighted by Gasteiger charge is 2.13. The third-order valence-corrected chi connectivity index (χ3v) is 2.67. The summed E-state index contributed by atoms with van der Waals surface area (Å²) in [6.45, 7) is 0. The number of halogens is 2. The monoisotopic (exact) mass is 314 g/mol. The van der Waals surface area contributed by atoms with Crippen molar-refractivity contribution in [2.75, 3.05) is 11.0 Å². The minimum atomic E-state index is -0.122. The molecule has 0 aromatic heterocycles. The van der Waals surface area contributed by atoms with E-state index in [9.17, 15) is 4.91 Å². The van der Waals surface area contributed by atoms with Crippen LogP contribution in [0.1, 0.15) is 0 Å².